The lowest BCUT2D eigenvalue weighted by molar-refractivity contribution is 0.660. The van der Waals surface area contributed by atoms with Crippen LogP contribution in [0.1, 0.15) is 84.7 Å². The Kier molecular flexibility index (Phi) is 10.0. The van der Waals surface area contributed by atoms with Gasteiger partial charge >= 0.3 is 0 Å². The summed E-state index contributed by atoms with van der Waals surface area (Å²) in [6, 6.07) is 73.7. The van der Waals surface area contributed by atoms with E-state index in [0.717, 1.165) is 11.4 Å². The van der Waals surface area contributed by atoms with Gasteiger partial charge in [-0.1, -0.05) is 204 Å². The number of rotatable bonds is 8. The third-order valence-electron chi connectivity index (χ3n) is 15.5. The first-order valence-electron chi connectivity index (χ1n) is 24.7. The van der Waals surface area contributed by atoms with Gasteiger partial charge in [-0.15, -0.1) is 0 Å². The van der Waals surface area contributed by atoms with E-state index in [0.29, 0.717) is 5.92 Å². The SMILES string of the molecule is C/C=C(\C=C/C(C)C)c1ccc(-c2cccc3c2-c2ccc(N(c4ccc5c(c4)C(C)(C)c4ccccc4-5)c4ccc(-c5ccccc5)cc4C)cc2C32c3ccccc3-c3ccccc32)cc1C. The zero-order chi connectivity index (χ0) is 47.2. The number of allylic oxidation sites excluding steroid dienone is 4. The van der Waals surface area contributed by atoms with Crippen LogP contribution in [-0.4, -0.2) is 0 Å². The van der Waals surface area contributed by atoms with Crippen LogP contribution in [0, 0.1) is 19.8 Å². The van der Waals surface area contributed by atoms with E-state index in [1.54, 1.807) is 0 Å². The minimum Gasteiger partial charge on any atom is -0.310 e. The number of hydrogen-bond donors (Lipinski definition) is 0. The molecule has 0 aromatic heterocycles. The van der Waals surface area contributed by atoms with Crippen LogP contribution < -0.4 is 4.90 Å². The highest BCUT2D eigenvalue weighted by molar-refractivity contribution is 6.01. The molecule has 0 fully saturated rings. The van der Waals surface area contributed by atoms with E-state index < -0.39 is 5.41 Å². The Morgan fingerprint density at radius 3 is 1.65 bits per heavy atom. The van der Waals surface area contributed by atoms with Crippen LogP contribution in [0.2, 0.25) is 0 Å². The zero-order valence-electron chi connectivity index (χ0n) is 40.7. The maximum absolute atomic E-state index is 2.55. The van der Waals surface area contributed by atoms with Crippen molar-refractivity contribution in [2.45, 2.75) is 59.3 Å². The van der Waals surface area contributed by atoms with Crippen molar-refractivity contribution in [2.75, 3.05) is 4.90 Å². The van der Waals surface area contributed by atoms with Gasteiger partial charge in [-0.3, -0.25) is 0 Å². The van der Waals surface area contributed by atoms with E-state index in [4.69, 9.17) is 0 Å². The van der Waals surface area contributed by atoms with Crippen LogP contribution in [0.4, 0.5) is 17.1 Å². The summed E-state index contributed by atoms with van der Waals surface area (Å²) in [7, 11) is 0. The Morgan fingerprint density at radius 1 is 0.449 bits per heavy atom. The second-order valence-corrected chi connectivity index (χ2v) is 20.3. The lowest BCUT2D eigenvalue weighted by Gasteiger charge is -2.33. The molecular weight excluding hydrogens is 831 g/mol. The van der Waals surface area contributed by atoms with Gasteiger partial charge in [-0.05, 0) is 174 Å². The number of aryl methyl sites for hydroxylation is 2. The molecule has 3 aliphatic carbocycles. The summed E-state index contributed by atoms with van der Waals surface area (Å²) in [5.41, 5.74) is 28.7. The van der Waals surface area contributed by atoms with Crippen LogP contribution >= 0.6 is 0 Å². The fourth-order valence-corrected chi connectivity index (χ4v) is 12.3. The van der Waals surface area contributed by atoms with Gasteiger partial charge in [0.2, 0.25) is 0 Å². The average Bonchev–Trinajstić information content (AvgIpc) is 3.93. The Labute approximate surface area is 408 Å². The van der Waals surface area contributed by atoms with Gasteiger partial charge in [0.15, 0.2) is 0 Å². The summed E-state index contributed by atoms with van der Waals surface area (Å²) in [6.07, 6.45) is 6.81. The molecule has 0 radical (unpaired) electrons. The predicted octanol–water partition coefficient (Wildman–Crippen LogP) is 18.4. The molecule has 0 amide bonds. The molecule has 0 saturated heterocycles. The second-order valence-electron chi connectivity index (χ2n) is 20.3. The molecule has 1 spiro atoms. The van der Waals surface area contributed by atoms with Gasteiger partial charge in [0, 0.05) is 22.5 Å². The Bertz CT molecular complexity index is 3550. The molecule has 0 unspecified atom stereocenters. The summed E-state index contributed by atoms with van der Waals surface area (Å²) in [5.74, 6) is 0.486. The molecular formula is C68H57N. The number of hydrogen-bond acceptors (Lipinski definition) is 1. The first kappa shape index (κ1) is 42.6. The molecule has 0 bridgehead atoms. The maximum atomic E-state index is 2.55. The number of benzene rings is 9. The van der Waals surface area contributed by atoms with E-state index in [9.17, 15) is 0 Å². The van der Waals surface area contributed by atoms with Crippen molar-refractivity contribution in [3.05, 3.63) is 262 Å². The van der Waals surface area contributed by atoms with Crippen molar-refractivity contribution >= 4 is 22.6 Å². The van der Waals surface area contributed by atoms with Crippen molar-refractivity contribution in [2.24, 2.45) is 5.92 Å². The smallest absolute Gasteiger partial charge is 0.0726 e. The highest BCUT2D eigenvalue weighted by Gasteiger charge is 2.52. The van der Waals surface area contributed by atoms with Crippen LogP contribution in [0.15, 0.2) is 212 Å². The highest BCUT2D eigenvalue weighted by atomic mass is 15.1. The Hall–Kier alpha value is -7.74. The quantitative estimate of drug-likeness (QED) is 0.137. The highest BCUT2D eigenvalue weighted by Crippen LogP contribution is 2.65. The van der Waals surface area contributed by atoms with Gasteiger partial charge in [-0.2, -0.15) is 0 Å². The predicted molar refractivity (Wildman–Crippen MR) is 293 cm³/mol. The van der Waals surface area contributed by atoms with Gasteiger partial charge < -0.3 is 4.90 Å². The fourth-order valence-electron chi connectivity index (χ4n) is 12.3. The molecule has 69 heavy (non-hydrogen) atoms. The molecule has 1 heteroatoms. The summed E-state index contributed by atoms with van der Waals surface area (Å²) in [6.45, 7) is 15.9. The maximum Gasteiger partial charge on any atom is 0.0726 e. The van der Waals surface area contributed by atoms with Crippen molar-refractivity contribution in [3.63, 3.8) is 0 Å². The summed E-state index contributed by atoms with van der Waals surface area (Å²) in [5, 5.41) is 0. The molecule has 3 aliphatic rings. The molecule has 0 heterocycles. The van der Waals surface area contributed by atoms with E-state index in [2.05, 4.69) is 266 Å². The summed E-state index contributed by atoms with van der Waals surface area (Å²) >= 11 is 0. The van der Waals surface area contributed by atoms with E-state index in [-0.39, 0.29) is 5.41 Å². The molecule has 9 aromatic rings. The van der Waals surface area contributed by atoms with Crippen molar-refractivity contribution in [1.82, 2.24) is 0 Å². The Balaban J connectivity index is 1.10. The number of anilines is 3. The molecule has 9 aromatic carbocycles. The monoisotopic (exact) mass is 887 g/mol. The van der Waals surface area contributed by atoms with Crippen LogP contribution in [0.5, 0.6) is 0 Å². The fraction of sp³-hybridized carbons (Fsp3) is 0.147. The molecule has 1 nitrogen and oxygen atoms in total. The van der Waals surface area contributed by atoms with Gasteiger partial charge in [-0.25, -0.2) is 0 Å². The first-order valence-corrected chi connectivity index (χ1v) is 24.7. The lowest BCUT2D eigenvalue weighted by Crippen LogP contribution is -2.26. The Morgan fingerprint density at radius 2 is 1.00 bits per heavy atom. The zero-order valence-corrected chi connectivity index (χ0v) is 40.7. The third-order valence-corrected chi connectivity index (χ3v) is 15.5. The molecule has 0 aliphatic heterocycles. The minimum absolute atomic E-state index is 0.146. The molecule has 0 N–H and O–H groups in total. The number of nitrogens with zero attached hydrogens (tertiary/aromatic N) is 1. The van der Waals surface area contributed by atoms with Crippen LogP contribution in [-0.2, 0) is 10.8 Å². The normalized spacial score (nSPS) is 14.4. The van der Waals surface area contributed by atoms with E-state index >= 15 is 0 Å². The minimum atomic E-state index is -0.530. The summed E-state index contributed by atoms with van der Waals surface area (Å²) < 4.78 is 0. The van der Waals surface area contributed by atoms with E-state index in [1.807, 2.05) is 0 Å². The van der Waals surface area contributed by atoms with E-state index in [1.165, 1.54) is 117 Å². The lowest BCUT2D eigenvalue weighted by atomic mass is 9.70. The molecule has 0 saturated carbocycles. The van der Waals surface area contributed by atoms with Gasteiger partial charge in [0.25, 0.3) is 0 Å². The third kappa shape index (κ3) is 6.44. The first-order chi connectivity index (χ1) is 33.6. The molecule has 334 valence electrons. The van der Waals surface area contributed by atoms with Gasteiger partial charge in [0.1, 0.15) is 0 Å². The largest absolute Gasteiger partial charge is 0.310 e. The standard InChI is InChI=1S/C68H57N/c1-8-46(30-29-43(2)3)52-35-31-49(39-44(52)4)53-24-18-28-62-66(53)58-37-34-51(42-64(58)68(62)60-26-16-13-22-55(60)56-23-14-17-27-61(56)68)69(65-38-32-48(40-45(65)5)47-19-10-9-11-20-47)50-33-36-57-54-21-12-15-25-59(54)67(6,7)63(57)41-50/h8-43H,1-7H3/b30-29-,46-8+. The summed E-state index contributed by atoms with van der Waals surface area (Å²) in [4.78, 5) is 2.53. The second kappa shape index (κ2) is 16.2. The van der Waals surface area contributed by atoms with Crippen molar-refractivity contribution in [3.8, 4) is 55.6 Å². The van der Waals surface area contributed by atoms with Crippen LogP contribution in [0.25, 0.3) is 61.2 Å². The molecule has 0 atom stereocenters. The van der Waals surface area contributed by atoms with Crippen LogP contribution in [0.3, 0.4) is 0 Å². The average molecular weight is 888 g/mol. The molecule has 12 rings (SSSR count). The van der Waals surface area contributed by atoms with Crippen molar-refractivity contribution < 1.29 is 0 Å². The number of fused-ring (bicyclic) bond motifs is 13. The van der Waals surface area contributed by atoms with Crippen molar-refractivity contribution in [1.29, 1.82) is 0 Å². The topological polar surface area (TPSA) is 3.24 Å². The van der Waals surface area contributed by atoms with Gasteiger partial charge in [0.05, 0.1) is 5.41 Å².